The van der Waals surface area contributed by atoms with E-state index in [1.54, 1.807) is 0 Å². The summed E-state index contributed by atoms with van der Waals surface area (Å²) in [6, 6.07) is 3.83. The summed E-state index contributed by atoms with van der Waals surface area (Å²) in [6.07, 6.45) is -1.68. The fourth-order valence-corrected chi connectivity index (χ4v) is 3.00. The van der Waals surface area contributed by atoms with Gasteiger partial charge in [-0.3, -0.25) is 14.7 Å². The molecule has 0 amide bonds. The van der Waals surface area contributed by atoms with Crippen molar-refractivity contribution in [3.63, 3.8) is 0 Å². The van der Waals surface area contributed by atoms with Gasteiger partial charge < -0.3 is 4.52 Å². The summed E-state index contributed by atoms with van der Waals surface area (Å²) in [7, 11) is 1.92. The number of nitrogens with one attached hydrogen (secondary N) is 1. The molecule has 0 spiro atoms. The Labute approximate surface area is 130 Å². The largest absolute Gasteiger partial charge is 0.433 e. The molecule has 0 aromatic carbocycles. The highest BCUT2D eigenvalue weighted by molar-refractivity contribution is 5.21. The third-order valence-electron chi connectivity index (χ3n) is 4.28. The van der Waals surface area contributed by atoms with Crippen molar-refractivity contribution in [2.24, 2.45) is 0 Å². The number of nitrogens with zero attached hydrogens (tertiary/aromatic N) is 2. The summed E-state index contributed by atoms with van der Waals surface area (Å²) in [5.41, 5.74) is -0.456. The molecule has 3 heterocycles. The number of hydrogen-bond acceptors (Lipinski definition) is 4. The third-order valence-corrected chi connectivity index (χ3v) is 4.28. The number of alkyl halides is 3. The molecule has 1 N–H and O–H groups in total. The summed E-state index contributed by atoms with van der Waals surface area (Å²) in [5, 5.41) is 2.27. The maximum absolute atomic E-state index is 12.6. The number of rotatable bonds is 2. The van der Waals surface area contributed by atoms with Crippen molar-refractivity contribution in [3.05, 3.63) is 51.8 Å². The van der Waals surface area contributed by atoms with E-state index in [1.807, 2.05) is 7.05 Å². The van der Waals surface area contributed by atoms with Gasteiger partial charge in [0, 0.05) is 24.2 Å². The maximum Gasteiger partial charge on any atom is 0.433 e. The molecule has 5 nitrogen and oxygen atoms in total. The molecule has 3 rings (SSSR count). The van der Waals surface area contributed by atoms with E-state index < -0.39 is 11.9 Å². The van der Waals surface area contributed by atoms with E-state index in [0.29, 0.717) is 12.2 Å². The van der Waals surface area contributed by atoms with Crippen LogP contribution in [-0.4, -0.2) is 28.6 Å². The van der Waals surface area contributed by atoms with Gasteiger partial charge in [0.15, 0.2) is 0 Å². The van der Waals surface area contributed by atoms with Gasteiger partial charge in [0.1, 0.15) is 11.5 Å². The topological polar surface area (TPSA) is 62.1 Å². The van der Waals surface area contributed by atoms with Crippen LogP contribution in [0, 0.1) is 0 Å². The number of aromatic nitrogens is 2. The van der Waals surface area contributed by atoms with Crippen LogP contribution in [-0.2, 0) is 6.18 Å². The molecule has 0 bridgehead atoms. The zero-order valence-corrected chi connectivity index (χ0v) is 12.4. The van der Waals surface area contributed by atoms with Gasteiger partial charge in [-0.1, -0.05) is 6.07 Å². The van der Waals surface area contributed by atoms with Crippen LogP contribution in [0.25, 0.3) is 0 Å². The summed E-state index contributed by atoms with van der Waals surface area (Å²) in [6.45, 7) is 0.755. The van der Waals surface area contributed by atoms with E-state index in [0.717, 1.165) is 24.6 Å². The minimum atomic E-state index is -4.44. The van der Waals surface area contributed by atoms with Gasteiger partial charge in [-0.05, 0) is 38.1 Å². The summed E-state index contributed by atoms with van der Waals surface area (Å²) in [5.74, 6) is 0.644. The zero-order chi connectivity index (χ0) is 16.6. The van der Waals surface area contributed by atoms with Gasteiger partial charge in [0.2, 0.25) is 0 Å². The van der Waals surface area contributed by atoms with E-state index >= 15 is 0 Å². The lowest BCUT2D eigenvalue weighted by molar-refractivity contribution is -0.141. The van der Waals surface area contributed by atoms with Gasteiger partial charge >= 0.3 is 6.18 Å². The Morgan fingerprint density at radius 1 is 1.39 bits per heavy atom. The Kier molecular flexibility index (Phi) is 4.01. The number of likely N-dealkylation sites (tertiary alicyclic amines) is 1. The van der Waals surface area contributed by atoms with E-state index in [2.05, 4.69) is 15.0 Å². The standard InChI is InChI=1S/C15H16F3N3O2/c1-21-5-4-9(12-7-14(22)20-23-12)6-11(21)10-2-3-13(19-8-10)15(16,17)18/h2-3,7-9,11H,4-6H2,1H3,(H,20,22)/t9-,11+/m0/s1. The van der Waals surface area contributed by atoms with Gasteiger partial charge in [-0.2, -0.15) is 18.3 Å². The smallest absolute Gasteiger partial charge is 0.383 e. The van der Waals surface area contributed by atoms with Crippen LogP contribution in [0.2, 0.25) is 0 Å². The number of pyridine rings is 1. The highest BCUT2D eigenvalue weighted by Crippen LogP contribution is 2.38. The quantitative estimate of drug-likeness (QED) is 0.921. The van der Waals surface area contributed by atoms with E-state index in [1.165, 1.54) is 18.3 Å². The van der Waals surface area contributed by atoms with Crippen molar-refractivity contribution in [2.45, 2.75) is 31.0 Å². The molecule has 23 heavy (non-hydrogen) atoms. The molecule has 1 fully saturated rings. The summed E-state index contributed by atoms with van der Waals surface area (Å²) < 4.78 is 43.0. The Bertz CT molecular complexity index is 721. The lowest BCUT2D eigenvalue weighted by atomic mass is 9.86. The Hall–Kier alpha value is -2.09. The molecular formula is C15H16F3N3O2. The number of halogens is 3. The molecule has 2 aromatic heterocycles. The second kappa shape index (κ2) is 5.84. The lowest BCUT2D eigenvalue weighted by Gasteiger charge is -2.36. The van der Waals surface area contributed by atoms with Gasteiger partial charge in [0.05, 0.1) is 0 Å². The van der Waals surface area contributed by atoms with E-state index in [-0.39, 0.29) is 17.5 Å². The third kappa shape index (κ3) is 3.31. The molecule has 0 aliphatic carbocycles. The fourth-order valence-electron chi connectivity index (χ4n) is 3.00. The number of piperidine rings is 1. The first kappa shape index (κ1) is 15.8. The maximum atomic E-state index is 12.6. The molecule has 124 valence electrons. The van der Waals surface area contributed by atoms with Gasteiger partial charge in [0.25, 0.3) is 5.56 Å². The van der Waals surface area contributed by atoms with Crippen molar-refractivity contribution in [1.82, 2.24) is 15.0 Å². The average Bonchev–Trinajstić information content (AvgIpc) is 2.94. The summed E-state index contributed by atoms with van der Waals surface area (Å²) in [4.78, 5) is 16.8. The van der Waals surface area contributed by atoms with Gasteiger partial charge in [-0.15, -0.1) is 0 Å². The molecule has 0 radical (unpaired) electrons. The first-order valence-electron chi connectivity index (χ1n) is 7.26. The average molecular weight is 327 g/mol. The highest BCUT2D eigenvalue weighted by Gasteiger charge is 2.34. The summed E-state index contributed by atoms with van der Waals surface area (Å²) >= 11 is 0. The van der Waals surface area contributed by atoms with Crippen molar-refractivity contribution in [3.8, 4) is 0 Å². The van der Waals surface area contributed by atoms with Crippen molar-refractivity contribution in [1.29, 1.82) is 0 Å². The van der Waals surface area contributed by atoms with Crippen molar-refractivity contribution >= 4 is 0 Å². The van der Waals surface area contributed by atoms with Gasteiger partial charge in [-0.25, -0.2) is 0 Å². The fraction of sp³-hybridized carbons (Fsp3) is 0.467. The van der Waals surface area contributed by atoms with Crippen LogP contribution in [0.1, 0.15) is 41.8 Å². The Balaban J connectivity index is 1.81. The first-order chi connectivity index (χ1) is 10.8. The van der Waals surface area contributed by atoms with E-state index in [4.69, 9.17) is 4.52 Å². The SMILES string of the molecule is CN1CC[C@H](c2cc(=O)[nH]o2)C[C@@H]1c1ccc(C(F)(F)F)nc1. The molecule has 0 saturated carbocycles. The molecule has 8 heteroatoms. The van der Waals surface area contributed by atoms with Crippen LogP contribution >= 0.6 is 0 Å². The Morgan fingerprint density at radius 2 is 2.17 bits per heavy atom. The monoisotopic (exact) mass is 327 g/mol. The number of aromatic amines is 1. The van der Waals surface area contributed by atoms with Crippen molar-refractivity contribution < 1.29 is 17.7 Å². The number of hydrogen-bond donors (Lipinski definition) is 1. The van der Waals surface area contributed by atoms with Crippen LogP contribution < -0.4 is 5.56 Å². The van der Waals surface area contributed by atoms with Crippen LogP contribution in [0.15, 0.2) is 33.7 Å². The normalized spacial score (nSPS) is 23.1. The molecular weight excluding hydrogens is 311 g/mol. The zero-order valence-electron chi connectivity index (χ0n) is 12.4. The van der Waals surface area contributed by atoms with E-state index in [9.17, 15) is 18.0 Å². The first-order valence-corrected chi connectivity index (χ1v) is 7.26. The predicted molar refractivity (Wildman–Crippen MR) is 75.9 cm³/mol. The number of H-pyrrole nitrogens is 1. The second-order valence-corrected chi connectivity index (χ2v) is 5.81. The van der Waals surface area contributed by atoms with Crippen LogP contribution in [0.3, 0.4) is 0 Å². The molecule has 2 atom stereocenters. The van der Waals surface area contributed by atoms with Crippen molar-refractivity contribution in [2.75, 3.05) is 13.6 Å². The van der Waals surface area contributed by atoms with Crippen LogP contribution in [0.5, 0.6) is 0 Å². The predicted octanol–water partition coefficient (Wildman–Crippen LogP) is 2.93. The highest BCUT2D eigenvalue weighted by atomic mass is 19.4. The lowest BCUT2D eigenvalue weighted by Crippen LogP contribution is -2.33. The minimum absolute atomic E-state index is 0.0532. The molecule has 1 aliphatic rings. The molecule has 0 unspecified atom stereocenters. The molecule has 2 aromatic rings. The van der Waals surface area contributed by atoms with Crippen LogP contribution in [0.4, 0.5) is 13.2 Å². The minimum Gasteiger partial charge on any atom is -0.383 e. The second-order valence-electron chi connectivity index (χ2n) is 5.81. The Morgan fingerprint density at radius 3 is 2.74 bits per heavy atom. The molecule has 1 aliphatic heterocycles. The molecule has 1 saturated heterocycles.